The summed E-state index contributed by atoms with van der Waals surface area (Å²) in [6, 6.07) is 14.3. The molecule has 3 rings (SSSR count). The normalized spacial score (nSPS) is 12.3. The number of benzene rings is 2. The molecule has 1 atom stereocenters. The molecule has 1 heterocycles. The van der Waals surface area contributed by atoms with Gasteiger partial charge in [0.15, 0.2) is 11.5 Å². The second kappa shape index (κ2) is 7.57. The van der Waals surface area contributed by atoms with E-state index < -0.39 is 0 Å². The zero-order chi connectivity index (χ0) is 17.8. The van der Waals surface area contributed by atoms with Crippen LogP contribution in [0.2, 0.25) is 0 Å². The molecule has 3 aromatic rings. The molecule has 0 saturated carbocycles. The van der Waals surface area contributed by atoms with Gasteiger partial charge in [-0.2, -0.15) is 0 Å². The zero-order valence-corrected chi connectivity index (χ0v) is 15.0. The Labute approximate surface area is 148 Å². The Bertz CT molecular complexity index is 841. The summed E-state index contributed by atoms with van der Waals surface area (Å²) in [4.78, 5) is 4.72. The Morgan fingerprint density at radius 1 is 1.08 bits per heavy atom. The molecule has 0 fully saturated rings. The summed E-state index contributed by atoms with van der Waals surface area (Å²) >= 11 is 0. The fourth-order valence-corrected chi connectivity index (χ4v) is 3.14. The minimum atomic E-state index is -0.138. The van der Waals surface area contributed by atoms with Crippen molar-refractivity contribution in [1.82, 2.24) is 9.55 Å². The first kappa shape index (κ1) is 17.3. The smallest absolute Gasteiger partial charge is 0.163 e. The fourth-order valence-electron chi connectivity index (χ4n) is 3.14. The van der Waals surface area contributed by atoms with E-state index in [1.54, 1.807) is 14.2 Å². The molecular weight excluding hydrogens is 314 g/mol. The van der Waals surface area contributed by atoms with Crippen molar-refractivity contribution in [3.63, 3.8) is 0 Å². The van der Waals surface area contributed by atoms with Crippen molar-refractivity contribution < 1.29 is 9.47 Å². The molecule has 0 aliphatic rings. The highest BCUT2D eigenvalue weighted by Crippen LogP contribution is 2.33. The molecule has 132 valence electrons. The minimum absolute atomic E-state index is 0.138. The van der Waals surface area contributed by atoms with Gasteiger partial charge in [-0.15, -0.1) is 0 Å². The van der Waals surface area contributed by atoms with Crippen molar-refractivity contribution >= 4 is 11.0 Å². The van der Waals surface area contributed by atoms with Crippen LogP contribution in [0.3, 0.4) is 0 Å². The van der Waals surface area contributed by atoms with Crippen LogP contribution in [0.4, 0.5) is 0 Å². The van der Waals surface area contributed by atoms with Gasteiger partial charge in [0.1, 0.15) is 5.82 Å². The van der Waals surface area contributed by atoms with Crippen LogP contribution in [0.1, 0.15) is 30.8 Å². The van der Waals surface area contributed by atoms with Crippen LogP contribution in [0.25, 0.3) is 11.0 Å². The maximum atomic E-state index is 6.16. The van der Waals surface area contributed by atoms with E-state index in [9.17, 15) is 0 Å². The molecule has 0 bridgehead atoms. The van der Waals surface area contributed by atoms with E-state index in [1.165, 1.54) is 5.56 Å². The molecule has 0 amide bonds. The van der Waals surface area contributed by atoms with Crippen LogP contribution in [-0.4, -0.2) is 23.8 Å². The van der Waals surface area contributed by atoms with Crippen LogP contribution < -0.4 is 15.2 Å². The number of methoxy groups -OCH3 is 2. The van der Waals surface area contributed by atoms with Gasteiger partial charge in [-0.3, -0.25) is 0 Å². The topological polar surface area (TPSA) is 62.3 Å². The SMILES string of the molecule is COc1cc2nc(C(C)N)n(CCCc3ccccc3)c2cc1OC. The van der Waals surface area contributed by atoms with Crippen LogP contribution in [0.15, 0.2) is 42.5 Å². The summed E-state index contributed by atoms with van der Waals surface area (Å²) in [5.74, 6) is 2.27. The second-order valence-corrected chi connectivity index (χ2v) is 6.20. The van der Waals surface area contributed by atoms with Crippen molar-refractivity contribution in [3.8, 4) is 11.5 Å². The molecular formula is C20H25N3O2. The molecule has 0 saturated heterocycles. The monoisotopic (exact) mass is 339 g/mol. The maximum absolute atomic E-state index is 6.16. The third kappa shape index (κ3) is 3.61. The quantitative estimate of drug-likeness (QED) is 0.713. The molecule has 5 nitrogen and oxygen atoms in total. The van der Waals surface area contributed by atoms with Gasteiger partial charge < -0.3 is 19.8 Å². The average Bonchev–Trinajstić information content (AvgIpc) is 2.99. The molecule has 1 unspecified atom stereocenters. The average molecular weight is 339 g/mol. The van der Waals surface area contributed by atoms with E-state index in [1.807, 2.05) is 25.1 Å². The number of hydrogen-bond acceptors (Lipinski definition) is 4. The highest BCUT2D eigenvalue weighted by molar-refractivity contribution is 5.80. The lowest BCUT2D eigenvalue weighted by Crippen LogP contribution is -2.14. The van der Waals surface area contributed by atoms with Crippen molar-refractivity contribution in [3.05, 3.63) is 53.9 Å². The van der Waals surface area contributed by atoms with Crippen molar-refractivity contribution in [2.24, 2.45) is 5.73 Å². The third-order valence-corrected chi connectivity index (χ3v) is 4.38. The highest BCUT2D eigenvalue weighted by atomic mass is 16.5. The predicted molar refractivity (Wildman–Crippen MR) is 100 cm³/mol. The van der Waals surface area contributed by atoms with E-state index in [0.717, 1.165) is 36.2 Å². The van der Waals surface area contributed by atoms with E-state index in [-0.39, 0.29) is 6.04 Å². The first-order valence-corrected chi connectivity index (χ1v) is 8.55. The second-order valence-electron chi connectivity index (χ2n) is 6.20. The van der Waals surface area contributed by atoms with E-state index in [2.05, 4.69) is 28.8 Å². The van der Waals surface area contributed by atoms with Crippen LogP contribution >= 0.6 is 0 Å². The highest BCUT2D eigenvalue weighted by Gasteiger charge is 2.17. The Morgan fingerprint density at radius 3 is 2.40 bits per heavy atom. The number of nitrogens with zero attached hydrogens (tertiary/aromatic N) is 2. The van der Waals surface area contributed by atoms with Gasteiger partial charge >= 0.3 is 0 Å². The Kier molecular flexibility index (Phi) is 5.24. The number of ether oxygens (including phenoxy) is 2. The molecule has 0 aliphatic heterocycles. The van der Waals surface area contributed by atoms with E-state index in [0.29, 0.717) is 11.5 Å². The third-order valence-electron chi connectivity index (χ3n) is 4.38. The van der Waals surface area contributed by atoms with Crippen molar-refractivity contribution in [1.29, 1.82) is 0 Å². The summed E-state index contributed by atoms with van der Waals surface area (Å²) in [7, 11) is 3.28. The van der Waals surface area contributed by atoms with E-state index >= 15 is 0 Å². The molecule has 0 radical (unpaired) electrons. The minimum Gasteiger partial charge on any atom is -0.493 e. The standard InChI is InChI=1S/C20H25N3O2/c1-14(21)20-22-16-12-18(24-2)19(25-3)13-17(16)23(20)11-7-10-15-8-5-4-6-9-15/h4-6,8-9,12-14H,7,10-11,21H2,1-3H3. The largest absolute Gasteiger partial charge is 0.493 e. The molecule has 0 aliphatic carbocycles. The van der Waals surface area contributed by atoms with Gasteiger partial charge in [0.25, 0.3) is 0 Å². The summed E-state index contributed by atoms with van der Waals surface area (Å²) < 4.78 is 13.0. The summed E-state index contributed by atoms with van der Waals surface area (Å²) in [5, 5.41) is 0. The lowest BCUT2D eigenvalue weighted by molar-refractivity contribution is 0.355. The van der Waals surface area contributed by atoms with Crippen LogP contribution in [0.5, 0.6) is 11.5 Å². The zero-order valence-electron chi connectivity index (χ0n) is 15.0. The number of fused-ring (bicyclic) bond motifs is 1. The van der Waals surface area contributed by atoms with Gasteiger partial charge in [0.05, 0.1) is 31.3 Å². The van der Waals surface area contributed by atoms with Crippen molar-refractivity contribution in [2.75, 3.05) is 14.2 Å². The molecule has 2 aromatic carbocycles. The van der Waals surface area contributed by atoms with E-state index in [4.69, 9.17) is 20.2 Å². The summed E-state index contributed by atoms with van der Waals surface area (Å²) in [6.45, 7) is 2.82. The fraction of sp³-hybridized carbons (Fsp3) is 0.350. The Morgan fingerprint density at radius 2 is 1.76 bits per heavy atom. The lowest BCUT2D eigenvalue weighted by Gasteiger charge is -2.12. The maximum Gasteiger partial charge on any atom is 0.163 e. The van der Waals surface area contributed by atoms with Gasteiger partial charge in [-0.25, -0.2) is 4.98 Å². The number of imidazole rings is 1. The molecule has 2 N–H and O–H groups in total. The number of rotatable bonds is 7. The molecule has 1 aromatic heterocycles. The first-order chi connectivity index (χ1) is 12.1. The number of nitrogens with two attached hydrogens (primary N) is 1. The van der Waals surface area contributed by atoms with Gasteiger partial charge in [-0.1, -0.05) is 30.3 Å². The summed E-state index contributed by atoms with van der Waals surface area (Å²) in [6.07, 6.45) is 2.04. The van der Waals surface area contributed by atoms with Crippen LogP contribution in [0, 0.1) is 0 Å². The molecule has 25 heavy (non-hydrogen) atoms. The summed E-state index contributed by atoms with van der Waals surface area (Å²) in [5.41, 5.74) is 9.40. The molecule has 5 heteroatoms. The van der Waals surface area contributed by atoms with Crippen molar-refractivity contribution in [2.45, 2.75) is 32.4 Å². The number of hydrogen-bond donors (Lipinski definition) is 1. The Hall–Kier alpha value is -2.53. The Balaban J connectivity index is 1.92. The van der Waals surface area contributed by atoms with Gasteiger partial charge in [-0.05, 0) is 25.3 Å². The van der Waals surface area contributed by atoms with Crippen LogP contribution in [-0.2, 0) is 13.0 Å². The van der Waals surface area contributed by atoms with Gasteiger partial charge in [0, 0.05) is 18.7 Å². The first-order valence-electron chi connectivity index (χ1n) is 8.55. The predicted octanol–water partition coefficient (Wildman–Crippen LogP) is 3.71. The number of aromatic nitrogens is 2. The number of aryl methyl sites for hydroxylation is 2. The van der Waals surface area contributed by atoms with Gasteiger partial charge in [0.2, 0.25) is 0 Å². The lowest BCUT2D eigenvalue weighted by atomic mass is 10.1. The molecule has 0 spiro atoms.